The number of fused-ring (bicyclic) bond motifs is 1. The second-order valence-corrected chi connectivity index (χ2v) is 7.75. The average Bonchev–Trinajstić information content (AvgIpc) is 2.68. The summed E-state index contributed by atoms with van der Waals surface area (Å²) >= 11 is 0. The minimum atomic E-state index is -3.58. The fourth-order valence-electron chi connectivity index (χ4n) is 2.79. The molecule has 0 spiro atoms. The van der Waals surface area contributed by atoms with E-state index in [1.54, 1.807) is 24.3 Å². The predicted molar refractivity (Wildman–Crippen MR) is 97.1 cm³/mol. The van der Waals surface area contributed by atoms with Gasteiger partial charge >= 0.3 is 0 Å². The highest BCUT2D eigenvalue weighted by molar-refractivity contribution is 7.89. The predicted octanol–water partition coefficient (Wildman–Crippen LogP) is 2.78. The summed E-state index contributed by atoms with van der Waals surface area (Å²) in [6.07, 6.45) is 1.98. The minimum absolute atomic E-state index is 0.0614. The Morgan fingerprint density at radius 2 is 1.69 bits per heavy atom. The van der Waals surface area contributed by atoms with E-state index < -0.39 is 10.0 Å². The molecular formula is C19H16N4O2S. The molecule has 1 heterocycles. The number of hydrogen-bond donors (Lipinski definition) is 1. The maximum atomic E-state index is 12.9. The molecule has 0 radical (unpaired) electrons. The summed E-state index contributed by atoms with van der Waals surface area (Å²) in [4.78, 5) is 0.215. The van der Waals surface area contributed by atoms with E-state index in [1.165, 1.54) is 28.2 Å². The van der Waals surface area contributed by atoms with Crippen LogP contribution in [0.4, 0.5) is 5.69 Å². The highest BCUT2D eigenvalue weighted by Crippen LogP contribution is 2.25. The van der Waals surface area contributed by atoms with Crippen molar-refractivity contribution in [1.29, 1.82) is 10.5 Å². The van der Waals surface area contributed by atoms with Crippen molar-refractivity contribution >= 4 is 15.7 Å². The first-order chi connectivity index (χ1) is 12.5. The summed E-state index contributed by atoms with van der Waals surface area (Å²) in [7, 11) is -3.58. The van der Waals surface area contributed by atoms with Gasteiger partial charge < -0.3 is 5.32 Å². The number of sulfonamides is 1. The Balaban J connectivity index is 1.78. The third kappa shape index (κ3) is 3.60. The van der Waals surface area contributed by atoms with Crippen LogP contribution in [0.2, 0.25) is 0 Å². The molecular weight excluding hydrogens is 348 g/mol. The van der Waals surface area contributed by atoms with Crippen molar-refractivity contribution in [3.8, 4) is 12.1 Å². The highest BCUT2D eigenvalue weighted by Gasteiger charge is 2.27. The summed E-state index contributed by atoms with van der Waals surface area (Å²) < 4.78 is 27.2. The van der Waals surface area contributed by atoms with Crippen molar-refractivity contribution in [1.82, 2.24) is 4.31 Å². The highest BCUT2D eigenvalue weighted by atomic mass is 32.2. The number of nitriles is 2. The quantitative estimate of drug-likeness (QED) is 0.842. The van der Waals surface area contributed by atoms with Crippen LogP contribution in [0, 0.1) is 22.7 Å². The smallest absolute Gasteiger partial charge is 0.243 e. The van der Waals surface area contributed by atoms with Crippen LogP contribution in [-0.2, 0) is 23.0 Å². The summed E-state index contributed by atoms with van der Waals surface area (Å²) in [6.45, 7) is 0.824. The van der Waals surface area contributed by atoms with E-state index in [-0.39, 0.29) is 10.5 Å². The lowest BCUT2D eigenvalue weighted by molar-refractivity contribution is 0.391. The van der Waals surface area contributed by atoms with Gasteiger partial charge in [-0.15, -0.1) is 0 Å². The zero-order valence-corrected chi connectivity index (χ0v) is 14.7. The minimum Gasteiger partial charge on any atom is -0.360 e. The molecule has 0 unspecified atom stereocenters. The topological polar surface area (TPSA) is 97.0 Å². The van der Waals surface area contributed by atoms with E-state index >= 15 is 0 Å². The van der Waals surface area contributed by atoms with Crippen LogP contribution in [0.25, 0.3) is 0 Å². The molecule has 0 aromatic heterocycles. The molecule has 6 nitrogen and oxygen atoms in total. The molecule has 0 amide bonds. The number of nitrogens with zero attached hydrogens (tertiary/aromatic N) is 3. The Morgan fingerprint density at radius 3 is 2.35 bits per heavy atom. The van der Waals surface area contributed by atoms with Crippen molar-refractivity contribution in [2.75, 3.05) is 11.9 Å². The molecule has 0 fully saturated rings. The number of nitrogens with one attached hydrogen (secondary N) is 1. The lowest BCUT2D eigenvalue weighted by atomic mass is 10.0. The molecule has 0 aliphatic carbocycles. The van der Waals surface area contributed by atoms with E-state index in [1.807, 2.05) is 24.3 Å². The van der Waals surface area contributed by atoms with Crippen molar-refractivity contribution in [2.24, 2.45) is 0 Å². The molecule has 0 bridgehead atoms. The number of hydrogen-bond acceptors (Lipinski definition) is 5. The van der Waals surface area contributed by atoms with Gasteiger partial charge in [-0.1, -0.05) is 24.3 Å². The average molecular weight is 364 g/mol. The summed E-state index contributed by atoms with van der Waals surface area (Å²) in [6, 6.07) is 17.6. The van der Waals surface area contributed by atoms with Crippen LogP contribution in [0.15, 0.2) is 65.2 Å². The van der Waals surface area contributed by atoms with Gasteiger partial charge in [0.25, 0.3) is 0 Å². The normalized spacial score (nSPS) is 13.8. The van der Waals surface area contributed by atoms with Gasteiger partial charge in [-0.3, -0.25) is 0 Å². The lowest BCUT2D eigenvalue weighted by Crippen LogP contribution is -2.35. The first kappa shape index (κ1) is 17.7. The maximum Gasteiger partial charge on any atom is 0.243 e. The summed E-state index contributed by atoms with van der Waals surface area (Å²) in [5.41, 5.74) is 2.76. The van der Waals surface area contributed by atoms with E-state index in [0.29, 0.717) is 25.2 Å². The molecule has 1 aliphatic heterocycles. The van der Waals surface area contributed by atoms with Crippen LogP contribution in [0.3, 0.4) is 0 Å². The maximum absolute atomic E-state index is 12.9. The molecule has 3 rings (SSSR count). The molecule has 0 atom stereocenters. The van der Waals surface area contributed by atoms with E-state index in [4.69, 9.17) is 10.5 Å². The second-order valence-electron chi connectivity index (χ2n) is 5.81. The Labute approximate surface area is 152 Å². The molecule has 0 saturated carbocycles. The SMILES string of the molecule is N#CC(C#N)=CNc1ccc(S(=O)(=O)N2CCc3ccccc3C2)cc1. The van der Waals surface area contributed by atoms with E-state index in [0.717, 1.165) is 5.56 Å². The number of anilines is 1. The molecule has 1 aliphatic rings. The number of allylic oxidation sites excluding steroid dienone is 1. The van der Waals surface area contributed by atoms with Gasteiger partial charge in [-0.25, -0.2) is 8.42 Å². The zero-order chi connectivity index (χ0) is 18.6. The van der Waals surface area contributed by atoms with Crippen molar-refractivity contribution in [3.63, 3.8) is 0 Å². The Morgan fingerprint density at radius 1 is 1.04 bits per heavy atom. The van der Waals surface area contributed by atoms with E-state index in [9.17, 15) is 8.42 Å². The van der Waals surface area contributed by atoms with Gasteiger partial charge in [0.2, 0.25) is 10.0 Å². The standard InChI is InChI=1S/C19H16N4O2S/c20-11-15(12-21)13-22-18-5-7-19(8-6-18)26(24,25)23-10-9-16-3-1-2-4-17(16)14-23/h1-8,13,22H,9-10,14H2. The molecule has 2 aromatic rings. The first-order valence-corrected chi connectivity index (χ1v) is 9.42. The summed E-state index contributed by atoms with van der Waals surface area (Å²) in [5.74, 6) is 0. The van der Waals surface area contributed by atoms with Crippen molar-refractivity contribution in [2.45, 2.75) is 17.9 Å². The second kappa shape index (κ2) is 7.40. The van der Waals surface area contributed by atoms with Gasteiger partial charge in [0.15, 0.2) is 0 Å². The largest absolute Gasteiger partial charge is 0.360 e. The molecule has 130 valence electrons. The van der Waals surface area contributed by atoms with Gasteiger partial charge in [-0.2, -0.15) is 14.8 Å². The van der Waals surface area contributed by atoms with Crippen LogP contribution < -0.4 is 5.32 Å². The molecule has 7 heteroatoms. The molecule has 0 saturated heterocycles. The number of benzene rings is 2. The van der Waals surface area contributed by atoms with Gasteiger partial charge in [0.05, 0.1) is 4.90 Å². The van der Waals surface area contributed by atoms with Gasteiger partial charge in [0.1, 0.15) is 17.7 Å². The molecule has 1 N–H and O–H groups in total. The fraction of sp³-hybridized carbons (Fsp3) is 0.158. The van der Waals surface area contributed by atoms with E-state index in [2.05, 4.69) is 5.32 Å². The van der Waals surface area contributed by atoms with Crippen LogP contribution in [-0.4, -0.2) is 19.3 Å². The third-order valence-electron chi connectivity index (χ3n) is 4.21. The Hall–Kier alpha value is -3.13. The third-order valence-corrected chi connectivity index (χ3v) is 6.07. The van der Waals surface area contributed by atoms with Gasteiger partial charge in [-0.05, 0) is 41.8 Å². The van der Waals surface area contributed by atoms with Crippen molar-refractivity contribution < 1.29 is 8.42 Å². The van der Waals surface area contributed by atoms with Gasteiger partial charge in [0, 0.05) is 25.0 Å². The number of rotatable bonds is 4. The first-order valence-electron chi connectivity index (χ1n) is 7.98. The lowest BCUT2D eigenvalue weighted by Gasteiger charge is -2.28. The summed E-state index contributed by atoms with van der Waals surface area (Å²) in [5, 5.41) is 20.2. The zero-order valence-electron chi connectivity index (χ0n) is 13.9. The van der Waals surface area contributed by atoms with Crippen LogP contribution in [0.1, 0.15) is 11.1 Å². The van der Waals surface area contributed by atoms with Crippen molar-refractivity contribution in [3.05, 3.63) is 71.4 Å². The fourth-order valence-corrected chi connectivity index (χ4v) is 4.21. The Bertz CT molecular complexity index is 1010. The van der Waals surface area contributed by atoms with Crippen LogP contribution >= 0.6 is 0 Å². The molecule has 26 heavy (non-hydrogen) atoms. The molecule has 2 aromatic carbocycles. The Kier molecular flexibility index (Phi) is 5.04. The monoisotopic (exact) mass is 364 g/mol. The van der Waals surface area contributed by atoms with Crippen LogP contribution in [0.5, 0.6) is 0 Å².